The van der Waals surface area contributed by atoms with Gasteiger partial charge in [-0.3, -0.25) is 35.9 Å². The van der Waals surface area contributed by atoms with E-state index in [4.69, 9.17) is 11.6 Å². The van der Waals surface area contributed by atoms with E-state index in [0.29, 0.717) is 10.7 Å². The molecule has 0 saturated heterocycles. The number of rotatable bonds is 7. The number of hydrazine groups is 1. The van der Waals surface area contributed by atoms with E-state index in [1.807, 2.05) is 0 Å². The van der Waals surface area contributed by atoms with Crippen molar-refractivity contribution in [3.8, 4) is 0 Å². The molecular formula is C17H12ClN7O5. The Morgan fingerprint density at radius 1 is 0.900 bits per heavy atom. The number of non-ortho nitro benzene ring substituents is 1. The summed E-state index contributed by atoms with van der Waals surface area (Å²) < 4.78 is 0. The SMILES string of the molecule is O=C(NNc1ncnc(Nc2ccc(Cl)cc2)c1[N+](=O)[O-])c1ccc([N+](=O)[O-])cc1. The summed E-state index contributed by atoms with van der Waals surface area (Å²) in [5, 5.41) is 25.5. The van der Waals surface area contributed by atoms with Gasteiger partial charge in [-0.15, -0.1) is 0 Å². The van der Waals surface area contributed by atoms with Crippen molar-refractivity contribution in [1.29, 1.82) is 0 Å². The summed E-state index contributed by atoms with van der Waals surface area (Å²) >= 11 is 5.82. The summed E-state index contributed by atoms with van der Waals surface area (Å²) in [7, 11) is 0. The number of benzene rings is 2. The van der Waals surface area contributed by atoms with Gasteiger partial charge in [-0.05, 0) is 36.4 Å². The molecule has 3 N–H and O–H groups in total. The molecule has 1 aromatic heterocycles. The highest BCUT2D eigenvalue weighted by Crippen LogP contribution is 2.31. The minimum atomic E-state index is -0.710. The Hall–Kier alpha value is -4.32. The van der Waals surface area contributed by atoms with Crippen LogP contribution >= 0.6 is 11.6 Å². The molecule has 12 nitrogen and oxygen atoms in total. The fraction of sp³-hybridized carbons (Fsp3) is 0. The first-order valence-electron chi connectivity index (χ1n) is 8.18. The Balaban J connectivity index is 1.78. The zero-order valence-electron chi connectivity index (χ0n) is 14.9. The highest BCUT2D eigenvalue weighted by atomic mass is 35.5. The number of halogens is 1. The van der Waals surface area contributed by atoms with Gasteiger partial charge in [0.05, 0.1) is 9.85 Å². The third-order valence-corrected chi connectivity index (χ3v) is 4.00. The van der Waals surface area contributed by atoms with E-state index < -0.39 is 21.4 Å². The molecule has 1 amide bonds. The van der Waals surface area contributed by atoms with Gasteiger partial charge in [0.15, 0.2) is 0 Å². The third-order valence-electron chi connectivity index (χ3n) is 3.75. The number of nitro benzene ring substituents is 1. The van der Waals surface area contributed by atoms with Crippen molar-refractivity contribution in [3.05, 3.63) is 85.7 Å². The van der Waals surface area contributed by atoms with Gasteiger partial charge >= 0.3 is 5.69 Å². The Bertz CT molecular complexity index is 1110. The van der Waals surface area contributed by atoms with Gasteiger partial charge in [0.1, 0.15) is 6.33 Å². The van der Waals surface area contributed by atoms with E-state index >= 15 is 0 Å². The Morgan fingerprint density at radius 3 is 2.13 bits per heavy atom. The molecule has 0 radical (unpaired) electrons. The van der Waals surface area contributed by atoms with Crippen LogP contribution in [0.2, 0.25) is 5.02 Å². The second-order valence-electron chi connectivity index (χ2n) is 5.69. The van der Waals surface area contributed by atoms with Gasteiger partial charge in [0.25, 0.3) is 11.6 Å². The molecule has 3 rings (SSSR count). The predicted octanol–water partition coefficient (Wildman–Crippen LogP) is 3.45. The highest BCUT2D eigenvalue weighted by Gasteiger charge is 2.24. The first kappa shape index (κ1) is 20.4. The smallest absolute Gasteiger partial charge is 0.334 e. The molecular weight excluding hydrogens is 418 g/mol. The molecule has 0 aliphatic heterocycles. The number of anilines is 3. The second-order valence-corrected chi connectivity index (χ2v) is 6.13. The normalized spacial score (nSPS) is 10.2. The maximum absolute atomic E-state index is 12.2. The quantitative estimate of drug-likeness (QED) is 0.376. The first-order valence-corrected chi connectivity index (χ1v) is 8.55. The predicted molar refractivity (Wildman–Crippen MR) is 108 cm³/mol. The largest absolute Gasteiger partial charge is 0.355 e. The lowest BCUT2D eigenvalue weighted by Gasteiger charge is -2.11. The zero-order chi connectivity index (χ0) is 21.7. The molecule has 152 valence electrons. The summed E-state index contributed by atoms with van der Waals surface area (Å²) in [5.74, 6) is -1.05. The average molecular weight is 430 g/mol. The van der Waals surface area contributed by atoms with E-state index in [1.54, 1.807) is 24.3 Å². The van der Waals surface area contributed by atoms with Crippen LogP contribution in [0.5, 0.6) is 0 Å². The van der Waals surface area contributed by atoms with Crippen molar-refractivity contribution in [2.24, 2.45) is 0 Å². The van der Waals surface area contributed by atoms with Crippen LogP contribution in [0.25, 0.3) is 0 Å². The summed E-state index contributed by atoms with van der Waals surface area (Å²) in [6.45, 7) is 0. The molecule has 3 aromatic rings. The number of carbonyl (C=O) groups is 1. The molecule has 0 fully saturated rings. The molecule has 0 saturated carbocycles. The van der Waals surface area contributed by atoms with E-state index in [2.05, 4.69) is 26.1 Å². The number of aromatic nitrogens is 2. The molecule has 0 aliphatic carbocycles. The summed E-state index contributed by atoms with van der Waals surface area (Å²) in [6, 6.07) is 11.2. The molecule has 0 unspecified atom stereocenters. The lowest BCUT2D eigenvalue weighted by Crippen LogP contribution is -2.30. The van der Waals surface area contributed by atoms with E-state index in [0.717, 1.165) is 18.5 Å². The number of nitrogens with zero attached hydrogens (tertiary/aromatic N) is 4. The Kier molecular flexibility index (Phi) is 5.98. The molecule has 13 heteroatoms. The summed E-state index contributed by atoms with van der Waals surface area (Å²) in [5.41, 5.74) is 4.56. The van der Waals surface area contributed by atoms with Crippen molar-refractivity contribution in [2.75, 3.05) is 10.7 Å². The zero-order valence-corrected chi connectivity index (χ0v) is 15.7. The monoisotopic (exact) mass is 429 g/mol. The van der Waals surface area contributed by atoms with E-state index in [-0.39, 0.29) is 22.9 Å². The second kappa shape index (κ2) is 8.79. The van der Waals surface area contributed by atoms with Gasteiger partial charge in [-0.25, -0.2) is 9.97 Å². The maximum atomic E-state index is 12.2. The number of amides is 1. The maximum Gasteiger partial charge on any atom is 0.355 e. The van der Waals surface area contributed by atoms with Crippen LogP contribution in [-0.2, 0) is 0 Å². The van der Waals surface area contributed by atoms with Gasteiger partial charge in [0, 0.05) is 28.4 Å². The minimum absolute atomic E-state index is 0.101. The molecule has 2 aromatic carbocycles. The van der Waals surface area contributed by atoms with Gasteiger partial charge in [0.2, 0.25) is 11.6 Å². The van der Waals surface area contributed by atoms with Crippen LogP contribution < -0.4 is 16.2 Å². The molecule has 0 atom stereocenters. The van der Waals surface area contributed by atoms with Crippen LogP contribution in [0.3, 0.4) is 0 Å². The van der Waals surface area contributed by atoms with Crippen LogP contribution in [-0.4, -0.2) is 25.7 Å². The van der Waals surface area contributed by atoms with E-state index in [1.165, 1.54) is 12.1 Å². The van der Waals surface area contributed by atoms with Crippen LogP contribution in [0.15, 0.2) is 54.9 Å². The fourth-order valence-electron chi connectivity index (χ4n) is 2.33. The Labute approximate surface area is 173 Å². The molecule has 30 heavy (non-hydrogen) atoms. The lowest BCUT2D eigenvalue weighted by molar-refractivity contribution is -0.384. The molecule has 1 heterocycles. The highest BCUT2D eigenvalue weighted by molar-refractivity contribution is 6.30. The van der Waals surface area contributed by atoms with Gasteiger partial charge in [-0.2, -0.15) is 0 Å². The van der Waals surface area contributed by atoms with Gasteiger partial charge < -0.3 is 5.32 Å². The Morgan fingerprint density at radius 2 is 1.53 bits per heavy atom. The first-order chi connectivity index (χ1) is 14.3. The third kappa shape index (κ3) is 4.74. The lowest BCUT2D eigenvalue weighted by atomic mass is 10.2. The van der Waals surface area contributed by atoms with E-state index in [9.17, 15) is 25.0 Å². The van der Waals surface area contributed by atoms with Crippen molar-refractivity contribution in [1.82, 2.24) is 15.4 Å². The fourth-order valence-corrected chi connectivity index (χ4v) is 2.45. The number of hydrogen-bond acceptors (Lipinski definition) is 9. The van der Waals surface area contributed by atoms with Crippen molar-refractivity contribution >= 4 is 46.2 Å². The topological polar surface area (TPSA) is 165 Å². The molecule has 0 aliphatic rings. The minimum Gasteiger partial charge on any atom is -0.334 e. The number of hydrogen-bond donors (Lipinski definition) is 3. The summed E-state index contributed by atoms with van der Waals surface area (Å²) in [4.78, 5) is 40.8. The van der Waals surface area contributed by atoms with Crippen LogP contribution in [0, 0.1) is 20.2 Å². The number of nitro groups is 2. The average Bonchev–Trinajstić information content (AvgIpc) is 2.73. The number of carbonyl (C=O) groups excluding carboxylic acids is 1. The van der Waals surface area contributed by atoms with Gasteiger partial charge in [-0.1, -0.05) is 11.6 Å². The number of nitrogens with one attached hydrogen (secondary N) is 3. The van der Waals surface area contributed by atoms with Crippen molar-refractivity contribution in [2.45, 2.75) is 0 Å². The molecule has 0 spiro atoms. The summed E-state index contributed by atoms with van der Waals surface area (Å²) in [6.07, 6.45) is 1.08. The van der Waals surface area contributed by atoms with Crippen molar-refractivity contribution in [3.63, 3.8) is 0 Å². The van der Waals surface area contributed by atoms with Crippen LogP contribution in [0.1, 0.15) is 10.4 Å². The van der Waals surface area contributed by atoms with Crippen molar-refractivity contribution < 1.29 is 14.6 Å². The molecule has 0 bridgehead atoms. The standard InChI is InChI=1S/C17H12ClN7O5/c18-11-3-5-12(6-4-11)21-15-14(25(29)30)16(20-9-19-15)22-23-17(26)10-1-7-13(8-2-10)24(27)28/h1-9H,(H,23,26)(H2,19,20,21,22). The van der Waals surface area contributed by atoms with Crippen LogP contribution in [0.4, 0.5) is 28.7 Å².